The number of anilines is 2. The Morgan fingerprint density at radius 2 is 1.40 bits per heavy atom. The first kappa shape index (κ1) is 22.2. The van der Waals surface area contributed by atoms with Crippen molar-refractivity contribution in [1.29, 1.82) is 0 Å². The second-order valence-electron chi connectivity index (χ2n) is 6.59. The van der Waals surface area contributed by atoms with E-state index in [0.29, 0.717) is 17.0 Å². The average Bonchev–Trinajstić information content (AvgIpc) is 2.62. The Hall–Kier alpha value is -2.50. The maximum atomic E-state index is 12.6. The lowest BCUT2D eigenvalue weighted by Crippen LogP contribution is -2.17. The number of halogens is 1. The van der Waals surface area contributed by atoms with Crippen molar-refractivity contribution in [2.45, 2.75) is 24.5 Å². The van der Waals surface area contributed by atoms with Crippen molar-refractivity contribution in [3.8, 4) is 0 Å². The van der Waals surface area contributed by atoms with Crippen LogP contribution in [0.2, 0.25) is 0 Å². The van der Waals surface area contributed by atoms with Gasteiger partial charge >= 0.3 is 0 Å². The smallest absolute Gasteiger partial charge is 0.264 e. The molecule has 1 heterocycles. The average molecular weight is 511 g/mol. The van der Waals surface area contributed by atoms with Gasteiger partial charge in [-0.1, -0.05) is 28.1 Å². The van der Waals surface area contributed by atoms with E-state index in [9.17, 15) is 16.8 Å². The fourth-order valence-corrected chi connectivity index (χ4v) is 5.08. The van der Waals surface area contributed by atoms with Crippen LogP contribution in [0.25, 0.3) is 0 Å². The van der Waals surface area contributed by atoms with Crippen LogP contribution < -0.4 is 9.44 Å². The molecule has 1 aromatic heterocycles. The minimum atomic E-state index is -3.92. The number of hydrogen-bond donors (Lipinski definition) is 2. The molecule has 3 aromatic rings. The topological polar surface area (TPSA) is 118 Å². The fraction of sp³-hybridized carbons (Fsp3) is 0.158. The summed E-state index contributed by atoms with van der Waals surface area (Å²) in [7, 11) is -7.57. The van der Waals surface area contributed by atoms with Crippen LogP contribution in [0.3, 0.4) is 0 Å². The van der Waals surface area contributed by atoms with E-state index in [-0.39, 0.29) is 22.3 Å². The first-order valence-corrected chi connectivity index (χ1v) is 12.7. The van der Waals surface area contributed by atoms with E-state index in [1.807, 2.05) is 0 Å². The summed E-state index contributed by atoms with van der Waals surface area (Å²) in [4.78, 5) is 8.08. The van der Waals surface area contributed by atoms with Gasteiger partial charge in [0.1, 0.15) is 0 Å². The SMILES string of the molecule is Cc1cc(C)nc(NS(=O)(=O)c2ccc(NS(=O)(=O)Cc3ccc(Br)cc3)cc2)n1. The summed E-state index contributed by atoms with van der Waals surface area (Å²) in [5, 5.41) is 0. The van der Waals surface area contributed by atoms with Crippen LogP contribution in [0.4, 0.5) is 11.6 Å². The second kappa shape index (κ2) is 8.70. The molecule has 0 atom stereocenters. The van der Waals surface area contributed by atoms with Gasteiger partial charge in [-0.15, -0.1) is 0 Å². The lowest BCUT2D eigenvalue weighted by Gasteiger charge is -2.10. The number of nitrogens with zero attached hydrogens (tertiary/aromatic N) is 2. The van der Waals surface area contributed by atoms with Crippen molar-refractivity contribution in [3.63, 3.8) is 0 Å². The first-order valence-electron chi connectivity index (χ1n) is 8.72. The summed E-state index contributed by atoms with van der Waals surface area (Å²) >= 11 is 3.30. The molecule has 0 saturated heterocycles. The molecule has 11 heteroatoms. The summed E-state index contributed by atoms with van der Waals surface area (Å²) < 4.78 is 55.5. The van der Waals surface area contributed by atoms with Gasteiger partial charge in [0.25, 0.3) is 10.0 Å². The normalized spacial score (nSPS) is 11.8. The third kappa shape index (κ3) is 6.00. The van der Waals surface area contributed by atoms with Gasteiger partial charge in [0.2, 0.25) is 16.0 Å². The Morgan fingerprint density at radius 3 is 1.97 bits per heavy atom. The standard InChI is InChI=1S/C19H19BrN4O4S2/c1-13-11-14(2)22-19(21-13)24-30(27,28)18-9-7-17(8-10-18)23-29(25,26)12-15-3-5-16(20)6-4-15/h3-11,23H,12H2,1-2H3,(H,21,22,24). The fourth-order valence-electron chi connectivity index (χ4n) is 2.67. The summed E-state index contributed by atoms with van der Waals surface area (Å²) in [6.07, 6.45) is 0. The van der Waals surface area contributed by atoms with Gasteiger partial charge in [0.15, 0.2) is 0 Å². The first-order chi connectivity index (χ1) is 14.0. The lowest BCUT2D eigenvalue weighted by molar-refractivity contribution is 0.599. The van der Waals surface area contributed by atoms with E-state index < -0.39 is 20.0 Å². The van der Waals surface area contributed by atoms with Gasteiger partial charge in [0, 0.05) is 21.5 Å². The largest absolute Gasteiger partial charge is 0.283 e. The van der Waals surface area contributed by atoms with Crippen molar-refractivity contribution in [3.05, 3.63) is 76.0 Å². The van der Waals surface area contributed by atoms with Crippen LogP contribution >= 0.6 is 15.9 Å². The Morgan fingerprint density at radius 1 is 0.833 bits per heavy atom. The highest BCUT2D eigenvalue weighted by Crippen LogP contribution is 2.19. The minimum Gasteiger partial charge on any atom is -0.283 e. The molecular formula is C19H19BrN4O4S2. The van der Waals surface area contributed by atoms with Crippen molar-refractivity contribution in [1.82, 2.24) is 9.97 Å². The van der Waals surface area contributed by atoms with Crippen molar-refractivity contribution >= 4 is 47.6 Å². The highest BCUT2D eigenvalue weighted by molar-refractivity contribution is 9.10. The van der Waals surface area contributed by atoms with Crippen LogP contribution in [0, 0.1) is 13.8 Å². The zero-order valence-electron chi connectivity index (χ0n) is 16.1. The number of aryl methyl sites for hydroxylation is 2. The molecule has 0 bridgehead atoms. The van der Waals surface area contributed by atoms with Gasteiger partial charge in [-0.2, -0.15) is 0 Å². The van der Waals surface area contributed by atoms with Crippen LogP contribution in [0.15, 0.2) is 64.0 Å². The number of nitrogens with one attached hydrogen (secondary N) is 2. The number of sulfonamides is 2. The summed E-state index contributed by atoms with van der Waals surface area (Å²) in [5.74, 6) is -0.224. The number of hydrogen-bond acceptors (Lipinski definition) is 6. The van der Waals surface area contributed by atoms with Gasteiger partial charge in [0.05, 0.1) is 10.6 Å². The molecule has 0 radical (unpaired) electrons. The van der Waals surface area contributed by atoms with Crippen molar-refractivity contribution < 1.29 is 16.8 Å². The Balaban J connectivity index is 1.72. The molecule has 30 heavy (non-hydrogen) atoms. The van der Waals surface area contributed by atoms with Gasteiger partial charge in [-0.25, -0.2) is 31.5 Å². The van der Waals surface area contributed by atoms with E-state index in [0.717, 1.165) is 4.47 Å². The molecule has 0 saturated carbocycles. The highest BCUT2D eigenvalue weighted by atomic mass is 79.9. The van der Waals surface area contributed by atoms with E-state index >= 15 is 0 Å². The van der Waals surface area contributed by atoms with Crippen LogP contribution in [-0.2, 0) is 25.8 Å². The summed E-state index contributed by atoms with van der Waals surface area (Å²) in [6, 6.07) is 14.1. The molecule has 0 aliphatic heterocycles. The molecule has 158 valence electrons. The van der Waals surface area contributed by atoms with E-state index in [1.54, 1.807) is 44.2 Å². The third-order valence-corrected chi connectivity index (χ3v) is 7.05. The predicted molar refractivity (Wildman–Crippen MR) is 119 cm³/mol. The molecule has 0 unspecified atom stereocenters. The van der Waals surface area contributed by atoms with Gasteiger partial charge in [-0.3, -0.25) is 4.72 Å². The number of rotatable bonds is 7. The second-order valence-corrected chi connectivity index (χ2v) is 10.9. The van der Waals surface area contributed by atoms with Gasteiger partial charge < -0.3 is 0 Å². The number of benzene rings is 2. The predicted octanol–water partition coefficient (Wildman–Crippen LogP) is 3.60. The third-order valence-electron chi connectivity index (χ3n) is 3.92. The zero-order valence-corrected chi connectivity index (χ0v) is 19.3. The quantitative estimate of drug-likeness (QED) is 0.501. The molecule has 0 aliphatic carbocycles. The molecular weight excluding hydrogens is 492 g/mol. The highest BCUT2D eigenvalue weighted by Gasteiger charge is 2.17. The maximum absolute atomic E-state index is 12.6. The van der Waals surface area contributed by atoms with Crippen LogP contribution in [0.5, 0.6) is 0 Å². The van der Waals surface area contributed by atoms with Crippen molar-refractivity contribution in [2.75, 3.05) is 9.44 Å². The van der Waals surface area contributed by atoms with E-state index in [4.69, 9.17) is 0 Å². The van der Waals surface area contributed by atoms with E-state index in [2.05, 4.69) is 35.3 Å². The van der Waals surface area contributed by atoms with E-state index in [1.165, 1.54) is 24.3 Å². The Bertz CT molecular complexity index is 1240. The molecule has 2 aromatic carbocycles. The van der Waals surface area contributed by atoms with Crippen LogP contribution in [0.1, 0.15) is 17.0 Å². The number of aromatic nitrogens is 2. The molecule has 2 N–H and O–H groups in total. The summed E-state index contributed by atoms with van der Waals surface area (Å²) in [5.41, 5.74) is 2.16. The Kier molecular flexibility index (Phi) is 6.44. The molecule has 0 amide bonds. The molecule has 3 rings (SSSR count). The molecule has 0 aliphatic rings. The van der Waals surface area contributed by atoms with Crippen molar-refractivity contribution in [2.24, 2.45) is 0 Å². The minimum absolute atomic E-state index is 0.0215. The van der Waals surface area contributed by atoms with Gasteiger partial charge in [-0.05, 0) is 61.9 Å². The monoisotopic (exact) mass is 510 g/mol. The molecule has 0 fully saturated rings. The molecule has 8 nitrogen and oxygen atoms in total. The van der Waals surface area contributed by atoms with Crippen LogP contribution in [-0.4, -0.2) is 26.8 Å². The summed E-state index contributed by atoms with van der Waals surface area (Å²) in [6.45, 7) is 3.48. The Labute approximate surface area is 184 Å². The molecule has 0 spiro atoms. The maximum Gasteiger partial charge on any atom is 0.264 e. The zero-order chi connectivity index (χ0) is 21.9. The lowest BCUT2D eigenvalue weighted by atomic mass is 10.2.